The summed E-state index contributed by atoms with van der Waals surface area (Å²) >= 11 is 0. The van der Waals surface area contributed by atoms with Crippen LogP contribution >= 0.6 is 0 Å². The first-order chi connectivity index (χ1) is 11.4. The average Bonchev–Trinajstić information content (AvgIpc) is 2.44. The minimum atomic E-state index is -5.80. The van der Waals surface area contributed by atoms with Crippen molar-refractivity contribution in [3.05, 3.63) is 29.3 Å². The van der Waals surface area contributed by atoms with E-state index >= 15 is 0 Å². The zero-order chi connectivity index (χ0) is 18.9. The standard InChI is InChI=1S/C13H11F6NO4S/c14-12(15,16)7-23-20-11-3-1-2-8-6-9(4-5-10(8)11)24-25(21,22)13(17,18)19/h4-6H,1-3,7H2. The molecule has 0 radical (unpaired) electrons. The summed E-state index contributed by atoms with van der Waals surface area (Å²) in [6, 6.07) is 3.27. The highest BCUT2D eigenvalue weighted by atomic mass is 32.2. The Morgan fingerprint density at radius 2 is 1.76 bits per heavy atom. The van der Waals surface area contributed by atoms with Crippen molar-refractivity contribution < 1.29 is 43.8 Å². The molecule has 0 heterocycles. The topological polar surface area (TPSA) is 65.0 Å². The van der Waals surface area contributed by atoms with Gasteiger partial charge >= 0.3 is 21.8 Å². The van der Waals surface area contributed by atoms with E-state index in [9.17, 15) is 34.8 Å². The third-order valence-electron chi connectivity index (χ3n) is 3.14. The van der Waals surface area contributed by atoms with Gasteiger partial charge < -0.3 is 9.02 Å². The molecule has 140 valence electrons. The molecule has 1 aromatic rings. The Labute approximate surface area is 138 Å². The van der Waals surface area contributed by atoms with Gasteiger partial charge in [-0.15, -0.1) is 0 Å². The lowest BCUT2D eigenvalue weighted by atomic mass is 9.90. The maximum absolute atomic E-state index is 12.3. The van der Waals surface area contributed by atoms with E-state index in [0.717, 1.165) is 12.1 Å². The summed E-state index contributed by atoms with van der Waals surface area (Å²) in [5.74, 6) is -0.548. The van der Waals surface area contributed by atoms with Gasteiger partial charge in [0.25, 0.3) is 0 Å². The van der Waals surface area contributed by atoms with E-state index in [1.807, 2.05) is 0 Å². The van der Waals surface area contributed by atoms with Crippen LogP contribution in [0.25, 0.3) is 0 Å². The second-order valence-electron chi connectivity index (χ2n) is 5.08. The molecular weight excluding hydrogens is 380 g/mol. The molecule has 12 heteroatoms. The molecule has 5 nitrogen and oxygen atoms in total. The summed E-state index contributed by atoms with van der Waals surface area (Å²) in [5, 5.41) is 3.41. The van der Waals surface area contributed by atoms with E-state index in [2.05, 4.69) is 14.2 Å². The van der Waals surface area contributed by atoms with E-state index in [1.54, 1.807) is 0 Å². The Balaban J connectivity index is 2.21. The Morgan fingerprint density at radius 1 is 1.08 bits per heavy atom. The Morgan fingerprint density at radius 3 is 2.36 bits per heavy atom. The quantitative estimate of drug-likeness (QED) is 0.341. The van der Waals surface area contributed by atoms with E-state index in [1.165, 1.54) is 6.07 Å². The van der Waals surface area contributed by atoms with Gasteiger partial charge in [0.1, 0.15) is 5.75 Å². The zero-order valence-electron chi connectivity index (χ0n) is 12.3. The molecule has 0 fully saturated rings. The molecular formula is C13H11F6NO4S. The number of rotatable bonds is 4. The Bertz CT molecular complexity index is 770. The van der Waals surface area contributed by atoms with Crippen molar-refractivity contribution in [3.8, 4) is 5.75 Å². The number of halogens is 6. The fourth-order valence-corrected chi connectivity index (χ4v) is 2.59. The number of alkyl halides is 6. The van der Waals surface area contributed by atoms with E-state index < -0.39 is 34.2 Å². The third kappa shape index (κ3) is 5.00. The monoisotopic (exact) mass is 391 g/mol. The number of nitrogens with zero attached hydrogens (tertiary/aromatic N) is 1. The predicted octanol–water partition coefficient (Wildman–Crippen LogP) is 3.53. The minimum absolute atomic E-state index is 0.190. The van der Waals surface area contributed by atoms with Crippen molar-refractivity contribution >= 4 is 15.8 Å². The first-order valence-electron chi connectivity index (χ1n) is 6.79. The second kappa shape index (κ2) is 6.73. The van der Waals surface area contributed by atoms with Gasteiger partial charge in [-0.3, -0.25) is 0 Å². The predicted molar refractivity (Wildman–Crippen MR) is 73.5 cm³/mol. The van der Waals surface area contributed by atoms with Gasteiger partial charge in [0.05, 0.1) is 5.71 Å². The lowest BCUT2D eigenvalue weighted by Gasteiger charge is -2.19. The summed E-state index contributed by atoms with van der Waals surface area (Å²) in [6.07, 6.45) is -3.41. The number of oxime groups is 1. The highest BCUT2D eigenvalue weighted by molar-refractivity contribution is 7.88. The zero-order valence-corrected chi connectivity index (χ0v) is 13.1. The van der Waals surface area contributed by atoms with E-state index in [0.29, 0.717) is 30.4 Å². The Hall–Kier alpha value is -1.98. The third-order valence-corrected chi connectivity index (χ3v) is 4.12. The number of hydrogen-bond donors (Lipinski definition) is 0. The maximum atomic E-state index is 12.3. The molecule has 0 unspecified atom stereocenters. The van der Waals surface area contributed by atoms with Crippen molar-refractivity contribution in [3.63, 3.8) is 0 Å². The molecule has 2 rings (SSSR count). The van der Waals surface area contributed by atoms with Crippen LogP contribution in [0.15, 0.2) is 23.4 Å². The summed E-state index contributed by atoms with van der Waals surface area (Å²) in [4.78, 5) is 4.24. The first-order valence-corrected chi connectivity index (χ1v) is 8.19. The normalized spacial score (nSPS) is 17.3. The molecule has 1 aliphatic rings. The number of aryl methyl sites for hydroxylation is 1. The van der Waals surface area contributed by atoms with Crippen molar-refractivity contribution in [2.24, 2.45) is 5.16 Å². The SMILES string of the molecule is O=S(=O)(Oc1ccc2c(c1)CCCC2=NOCC(F)(F)F)C(F)(F)F. The van der Waals surface area contributed by atoms with Gasteiger partial charge in [-0.1, -0.05) is 5.16 Å². The number of hydrogen-bond acceptors (Lipinski definition) is 5. The van der Waals surface area contributed by atoms with Crippen LogP contribution in [0, 0.1) is 0 Å². The van der Waals surface area contributed by atoms with Crippen LogP contribution < -0.4 is 4.18 Å². The molecule has 1 aromatic carbocycles. The van der Waals surface area contributed by atoms with Gasteiger partial charge in [0.2, 0.25) is 6.61 Å². The first kappa shape index (κ1) is 19.3. The summed E-state index contributed by atoms with van der Waals surface area (Å²) in [7, 11) is -5.80. The molecule has 0 aromatic heterocycles. The highest BCUT2D eigenvalue weighted by Gasteiger charge is 2.48. The highest BCUT2D eigenvalue weighted by Crippen LogP contribution is 2.30. The molecule has 0 spiro atoms. The van der Waals surface area contributed by atoms with Gasteiger partial charge in [-0.25, -0.2) is 0 Å². The lowest BCUT2D eigenvalue weighted by molar-refractivity contribution is -0.173. The lowest BCUT2D eigenvalue weighted by Crippen LogP contribution is -2.28. The summed E-state index contributed by atoms with van der Waals surface area (Å²) in [6.45, 7) is -1.57. The molecule has 1 aliphatic carbocycles. The van der Waals surface area contributed by atoms with Crippen LogP contribution in [0.1, 0.15) is 24.0 Å². The van der Waals surface area contributed by atoms with Gasteiger partial charge in [0.15, 0.2) is 0 Å². The minimum Gasteiger partial charge on any atom is -0.386 e. The van der Waals surface area contributed by atoms with Crippen molar-refractivity contribution in [2.75, 3.05) is 6.61 Å². The summed E-state index contributed by atoms with van der Waals surface area (Å²) < 4.78 is 99.1. The molecule has 25 heavy (non-hydrogen) atoms. The van der Waals surface area contributed by atoms with Gasteiger partial charge in [-0.05, 0) is 43.0 Å². The van der Waals surface area contributed by atoms with Crippen LogP contribution in [0.3, 0.4) is 0 Å². The van der Waals surface area contributed by atoms with Gasteiger partial charge in [-0.2, -0.15) is 34.8 Å². The molecule has 0 aliphatic heterocycles. The average molecular weight is 391 g/mol. The van der Waals surface area contributed by atoms with Crippen LogP contribution in [0.4, 0.5) is 26.3 Å². The van der Waals surface area contributed by atoms with Crippen LogP contribution in [-0.2, 0) is 21.4 Å². The van der Waals surface area contributed by atoms with Crippen molar-refractivity contribution in [1.29, 1.82) is 0 Å². The van der Waals surface area contributed by atoms with E-state index in [4.69, 9.17) is 0 Å². The number of fused-ring (bicyclic) bond motifs is 1. The Kier molecular flexibility index (Phi) is 5.21. The summed E-state index contributed by atoms with van der Waals surface area (Å²) in [5.41, 5.74) is -4.61. The molecule has 0 bridgehead atoms. The van der Waals surface area contributed by atoms with Crippen LogP contribution in [-0.4, -0.2) is 32.4 Å². The molecule has 0 amide bonds. The number of benzene rings is 1. The smallest absolute Gasteiger partial charge is 0.386 e. The van der Waals surface area contributed by atoms with Crippen LogP contribution in [0.2, 0.25) is 0 Å². The molecule has 0 saturated carbocycles. The fourth-order valence-electron chi connectivity index (χ4n) is 2.14. The molecule has 0 saturated heterocycles. The largest absolute Gasteiger partial charge is 0.534 e. The molecule has 0 N–H and O–H groups in total. The van der Waals surface area contributed by atoms with Crippen molar-refractivity contribution in [1.82, 2.24) is 0 Å². The molecule has 0 atom stereocenters. The van der Waals surface area contributed by atoms with Gasteiger partial charge in [0, 0.05) is 5.56 Å². The van der Waals surface area contributed by atoms with E-state index in [-0.39, 0.29) is 5.71 Å². The maximum Gasteiger partial charge on any atom is 0.534 e. The fraction of sp³-hybridized carbons (Fsp3) is 0.462. The van der Waals surface area contributed by atoms with Crippen molar-refractivity contribution in [2.45, 2.75) is 30.9 Å². The van der Waals surface area contributed by atoms with Crippen LogP contribution in [0.5, 0.6) is 5.75 Å². The second-order valence-corrected chi connectivity index (χ2v) is 6.62.